The maximum absolute atomic E-state index is 6.49. The van der Waals surface area contributed by atoms with Crippen LogP contribution in [0, 0.1) is 0 Å². The molecule has 0 saturated carbocycles. The van der Waals surface area contributed by atoms with E-state index in [1.54, 1.807) is 7.11 Å². The Morgan fingerprint density at radius 2 is 1.59 bits per heavy atom. The molecule has 6 nitrogen and oxygen atoms in total. The highest BCUT2D eigenvalue weighted by Crippen LogP contribution is 2.35. The molecule has 2 aliphatic heterocycles. The molecule has 2 fully saturated rings. The molecule has 0 spiro atoms. The van der Waals surface area contributed by atoms with E-state index < -0.39 is 5.79 Å². The Morgan fingerprint density at radius 3 is 2.18 bits per heavy atom. The van der Waals surface area contributed by atoms with Crippen LogP contribution in [0.4, 0.5) is 0 Å². The van der Waals surface area contributed by atoms with Crippen LogP contribution in [0.2, 0.25) is 0 Å². The standard InChI is InChI=1S/C28H36O6/c1-5-9-24-26(30-18-21-12-14-22(29-4)15-13-21)27(31-17-20-10-7-6-8-11-20)25(33-24)16-23-19-32-28(2,3)34-23/h5-8,10-15,23-27H,1,9,16-19H2,2-4H3/t23?,24-,25+,26-,27-/m0/s1. The van der Waals surface area contributed by atoms with Crippen molar-refractivity contribution in [3.05, 3.63) is 78.4 Å². The van der Waals surface area contributed by atoms with Crippen LogP contribution in [0.3, 0.4) is 0 Å². The van der Waals surface area contributed by atoms with Crippen LogP contribution in [0.1, 0.15) is 37.8 Å². The van der Waals surface area contributed by atoms with Crippen LogP contribution in [0.15, 0.2) is 67.3 Å². The molecule has 2 aromatic carbocycles. The van der Waals surface area contributed by atoms with Crippen molar-refractivity contribution in [3.8, 4) is 5.75 Å². The SMILES string of the molecule is C=CC[C@@H]1O[C@H](CC2COC(C)(C)O2)[C@H](OCc2ccccc2)[C@H]1OCc1ccc(OC)cc1. The summed E-state index contributed by atoms with van der Waals surface area (Å²) in [5, 5.41) is 0. The minimum atomic E-state index is -0.575. The van der Waals surface area contributed by atoms with E-state index in [1.165, 1.54) is 0 Å². The van der Waals surface area contributed by atoms with Crippen molar-refractivity contribution in [3.63, 3.8) is 0 Å². The topological polar surface area (TPSA) is 55.4 Å². The lowest BCUT2D eigenvalue weighted by Gasteiger charge is -2.26. The van der Waals surface area contributed by atoms with Crippen molar-refractivity contribution in [1.29, 1.82) is 0 Å². The fraction of sp³-hybridized carbons (Fsp3) is 0.500. The first-order chi connectivity index (χ1) is 16.5. The number of rotatable bonds is 11. The second kappa shape index (κ2) is 11.5. The second-order valence-electron chi connectivity index (χ2n) is 9.31. The summed E-state index contributed by atoms with van der Waals surface area (Å²) in [4.78, 5) is 0. The van der Waals surface area contributed by atoms with E-state index in [2.05, 4.69) is 18.7 Å². The normalized spacial score (nSPS) is 28.1. The van der Waals surface area contributed by atoms with E-state index in [-0.39, 0.29) is 30.5 Å². The molecule has 2 heterocycles. The van der Waals surface area contributed by atoms with Crippen molar-refractivity contribution in [2.75, 3.05) is 13.7 Å². The molecule has 6 heteroatoms. The summed E-state index contributed by atoms with van der Waals surface area (Å²) in [6.45, 7) is 9.29. The summed E-state index contributed by atoms with van der Waals surface area (Å²) in [5.74, 6) is 0.248. The summed E-state index contributed by atoms with van der Waals surface area (Å²) in [6.07, 6.45) is 2.41. The van der Waals surface area contributed by atoms with Crippen LogP contribution in [0.5, 0.6) is 5.75 Å². The molecule has 0 radical (unpaired) electrons. The Kier molecular flexibility index (Phi) is 8.40. The smallest absolute Gasteiger partial charge is 0.163 e. The zero-order valence-corrected chi connectivity index (χ0v) is 20.4. The fourth-order valence-corrected chi connectivity index (χ4v) is 4.57. The van der Waals surface area contributed by atoms with Crippen LogP contribution < -0.4 is 4.74 Å². The predicted molar refractivity (Wildman–Crippen MR) is 130 cm³/mol. The van der Waals surface area contributed by atoms with E-state index in [0.717, 1.165) is 16.9 Å². The number of ether oxygens (including phenoxy) is 6. The Labute approximate surface area is 202 Å². The fourth-order valence-electron chi connectivity index (χ4n) is 4.57. The Balaban J connectivity index is 1.49. The van der Waals surface area contributed by atoms with E-state index >= 15 is 0 Å². The maximum atomic E-state index is 6.49. The van der Waals surface area contributed by atoms with E-state index in [1.807, 2.05) is 62.4 Å². The van der Waals surface area contributed by atoms with Gasteiger partial charge in [-0.15, -0.1) is 6.58 Å². The van der Waals surface area contributed by atoms with Gasteiger partial charge in [0.25, 0.3) is 0 Å². The maximum Gasteiger partial charge on any atom is 0.163 e. The van der Waals surface area contributed by atoms with E-state index in [4.69, 9.17) is 28.4 Å². The quantitative estimate of drug-likeness (QED) is 0.430. The lowest BCUT2D eigenvalue weighted by Crippen LogP contribution is -2.39. The van der Waals surface area contributed by atoms with Gasteiger partial charge in [-0.2, -0.15) is 0 Å². The van der Waals surface area contributed by atoms with Crippen LogP contribution >= 0.6 is 0 Å². The largest absolute Gasteiger partial charge is 0.497 e. The first-order valence-corrected chi connectivity index (χ1v) is 12.0. The zero-order chi connectivity index (χ0) is 24.0. The summed E-state index contributed by atoms with van der Waals surface area (Å²) >= 11 is 0. The van der Waals surface area contributed by atoms with Gasteiger partial charge in [-0.3, -0.25) is 0 Å². The predicted octanol–water partition coefficient (Wildman–Crippen LogP) is 5.05. The molecular formula is C28H36O6. The molecule has 2 saturated heterocycles. The minimum Gasteiger partial charge on any atom is -0.497 e. The highest BCUT2D eigenvalue weighted by atomic mass is 16.7. The third kappa shape index (κ3) is 6.46. The average Bonchev–Trinajstić information content (AvgIpc) is 3.35. The molecule has 0 amide bonds. The van der Waals surface area contributed by atoms with Crippen molar-refractivity contribution < 1.29 is 28.4 Å². The molecule has 0 N–H and O–H groups in total. The average molecular weight is 469 g/mol. The van der Waals surface area contributed by atoms with Gasteiger partial charge in [-0.05, 0) is 43.5 Å². The molecule has 2 aromatic rings. The molecule has 34 heavy (non-hydrogen) atoms. The van der Waals surface area contributed by atoms with Crippen molar-refractivity contribution in [2.24, 2.45) is 0 Å². The Morgan fingerprint density at radius 1 is 0.941 bits per heavy atom. The van der Waals surface area contributed by atoms with Crippen molar-refractivity contribution in [2.45, 2.75) is 76.2 Å². The lowest BCUT2D eigenvalue weighted by molar-refractivity contribution is -0.145. The van der Waals surface area contributed by atoms with Gasteiger partial charge >= 0.3 is 0 Å². The minimum absolute atomic E-state index is 0.0486. The van der Waals surface area contributed by atoms with Gasteiger partial charge in [0, 0.05) is 6.42 Å². The molecule has 4 rings (SSSR count). The Bertz CT molecular complexity index is 897. The number of hydrogen-bond acceptors (Lipinski definition) is 6. The molecular weight excluding hydrogens is 432 g/mol. The lowest BCUT2D eigenvalue weighted by atomic mass is 10.0. The van der Waals surface area contributed by atoms with Gasteiger partial charge in [0.15, 0.2) is 5.79 Å². The van der Waals surface area contributed by atoms with Gasteiger partial charge in [0.05, 0.1) is 45.2 Å². The van der Waals surface area contributed by atoms with Gasteiger partial charge in [0.2, 0.25) is 0 Å². The van der Waals surface area contributed by atoms with Gasteiger partial charge in [0.1, 0.15) is 18.0 Å². The molecule has 2 aliphatic rings. The highest BCUT2D eigenvalue weighted by Gasteiger charge is 2.47. The third-order valence-electron chi connectivity index (χ3n) is 6.25. The summed E-state index contributed by atoms with van der Waals surface area (Å²) < 4.78 is 36.5. The van der Waals surface area contributed by atoms with E-state index in [9.17, 15) is 0 Å². The second-order valence-corrected chi connectivity index (χ2v) is 9.31. The highest BCUT2D eigenvalue weighted by molar-refractivity contribution is 5.26. The Hall–Kier alpha value is -2.22. The van der Waals surface area contributed by atoms with Gasteiger partial charge in [-0.25, -0.2) is 0 Å². The molecule has 184 valence electrons. The molecule has 0 aliphatic carbocycles. The molecule has 1 unspecified atom stereocenters. The van der Waals surface area contributed by atoms with Gasteiger partial charge < -0.3 is 28.4 Å². The summed E-state index contributed by atoms with van der Waals surface area (Å²) in [7, 11) is 1.66. The van der Waals surface area contributed by atoms with Crippen LogP contribution in [-0.2, 0) is 36.9 Å². The van der Waals surface area contributed by atoms with Crippen LogP contribution in [0.25, 0.3) is 0 Å². The summed E-state index contributed by atoms with van der Waals surface area (Å²) in [6, 6.07) is 18.1. The first-order valence-electron chi connectivity index (χ1n) is 12.0. The van der Waals surface area contributed by atoms with Crippen molar-refractivity contribution in [1.82, 2.24) is 0 Å². The number of benzene rings is 2. The third-order valence-corrected chi connectivity index (χ3v) is 6.25. The molecule has 0 aromatic heterocycles. The number of methoxy groups -OCH3 is 1. The van der Waals surface area contributed by atoms with Crippen LogP contribution in [-0.4, -0.2) is 50.0 Å². The van der Waals surface area contributed by atoms with Gasteiger partial charge in [-0.1, -0.05) is 48.5 Å². The summed E-state index contributed by atoms with van der Waals surface area (Å²) in [5.41, 5.74) is 2.18. The zero-order valence-electron chi connectivity index (χ0n) is 20.4. The first kappa shape index (κ1) is 24.9. The number of hydrogen-bond donors (Lipinski definition) is 0. The molecule has 5 atom stereocenters. The monoisotopic (exact) mass is 468 g/mol. The van der Waals surface area contributed by atoms with Crippen molar-refractivity contribution >= 4 is 0 Å². The van der Waals surface area contributed by atoms with E-state index in [0.29, 0.717) is 32.7 Å². The molecule has 0 bridgehead atoms.